The molecular formula is C8H10F3N3O. The first kappa shape index (κ1) is 11.7. The lowest BCUT2D eigenvalue weighted by Crippen LogP contribution is -2.35. The van der Waals surface area contributed by atoms with E-state index in [2.05, 4.69) is 15.3 Å². The fraction of sp³-hybridized carbons (Fsp3) is 0.500. The van der Waals surface area contributed by atoms with Crippen LogP contribution in [0.1, 0.15) is 5.56 Å². The second kappa shape index (κ2) is 4.43. The molecule has 1 aromatic heterocycles. The van der Waals surface area contributed by atoms with Crippen LogP contribution in [0, 0.1) is 6.92 Å². The molecule has 2 N–H and O–H groups in total. The quantitative estimate of drug-likeness (QED) is 0.803. The molecule has 84 valence electrons. The van der Waals surface area contributed by atoms with Crippen LogP contribution in [0.2, 0.25) is 0 Å². The van der Waals surface area contributed by atoms with Gasteiger partial charge in [0.25, 0.3) is 0 Å². The van der Waals surface area contributed by atoms with Crippen LogP contribution in [-0.4, -0.2) is 33.9 Å². The summed E-state index contributed by atoms with van der Waals surface area (Å²) < 4.78 is 35.7. The standard InChI is InChI=1S/C8H10F3N3O/c1-5-2-12-7(13-3-5)14-4-6(15)8(9,10)11/h2-3,6,15H,4H2,1H3,(H,12,13,14). The van der Waals surface area contributed by atoms with Crippen LogP contribution in [-0.2, 0) is 0 Å². The number of aryl methyl sites for hydroxylation is 1. The summed E-state index contributed by atoms with van der Waals surface area (Å²) in [5.41, 5.74) is 0.803. The Morgan fingerprint density at radius 2 is 1.93 bits per heavy atom. The van der Waals surface area contributed by atoms with E-state index in [0.29, 0.717) is 0 Å². The van der Waals surface area contributed by atoms with Crippen LogP contribution >= 0.6 is 0 Å². The van der Waals surface area contributed by atoms with Gasteiger partial charge in [0.05, 0.1) is 6.54 Å². The topological polar surface area (TPSA) is 58.0 Å². The zero-order valence-electron chi connectivity index (χ0n) is 7.91. The summed E-state index contributed by atoms with van der Waals surface area (Å²) in [6, 6.07) is 0. The number of rotatable bonds is 3. The molecule has 1 atom stereocenters. The van der Waals surface area contributed by atoms with Crippen molar-refractivity contribution >= 4 is 5.95 Å². The van der Waals surface area contributed by atoms with E-state index in [9.17, 15) is 13.2 Å². The fourth-order valence-corrected chi connectivity index (χ4v) is 0.788. The Morgan fingerprint density at radius 1 is 1.40 bits per heavy atom. The lowest BCUT2D eigenvalue weighted by atomic mass is 10.3. The van der Waals surface area contributed by atoms with Crippen molar-refractivity contribution in [2.24, 2.45) is 0 Å². The number of halogens is 3. The van der Waals surface area contributed by atoms with Crippen molar-refractivity contribution in [2.45, 2.75) is 19.2 Å². The number of nitrogens with one attached hydrogen (secondary N) is 1. The molecule has 15 heavy (non-hydrogen) atoms. The number of nitrogens with zero attached hydrogens (tertiary/aromatic N) is 2. The molecule has 0 aliphatic heterocycles. The van der Waals surface area contributed by atoms with E-state index in [0.717, 1.165) is 5.56 Å². The van der Waals surface area contributed by atoms with Crippen LogP contribution in [0.25, 0.3) is 0 Å². The molecule has 1 heterocycles. The molecule has 0 saturated carbocycles. The third-order valence-electron chi connectivity index (χ3n) is 1.61. The number of aliphatic hydroxyl groups is 1. The minimum absolute atomic E-state index is 0.0592. The Kier molecular flexibility index (Phi) is 3.46. The molecule has 1 unspecified atom stereocenters. The molecule has 0 aromatic carbocycles. The highest BCUT2D eigenvalue weighted by atomic mass is 19.4. The molecule has 0 aliphatic rings. The van der Waals surface area contributed by atoms with Crippen LogP contribution in [0.4, 0.5) is 19.1 Å². The number of hydrogen-bond donors (Lipinski definition) is 2. The molecule has 0 spiro atoms. The number of alkyl halides is 3. The first-order chi connectivity index (χ1) is 6.89. The summed E-state index contributed by atoms with van der Waals surface area (Å²) in [4.78, 5) is 7.46. The van der Waals surface area contributed by atoms with Crippen LogP contribution in [0.15, 0.2) is 12.4 Å². The second-order valence-electron chi connectivity index (χ2n) is 3.02. The van der Waals surface area contributed by atoms with Gasteiger partial charge in [0.15, 0.2) is 6.10 Å². The van der Waals surface area contributed by atoms with Gasteiger partial charge < -0.3 is 10.4 Å². The number of aliphatic hydroxyl groups excluding tert-OH is 1. The number of aromatic nitrogens is 2. The van der Waals surface area contributed by atoms with E-state index in [-0.39, 0.29) is 5.95 Å². The predicted molar refractivity (Wildman–Crippen MR) is 47.3 cm³/mol. The van der Waals surface area contributed by atoms with Crippen molar-refractivity contribution < 1.29 is 18.3 Å². The van der Waals surface area contributed by atoms with Gasteiger partial charge in [-0.25, -0.2) is 9.97 Å². The maximum atomic E-state index is 11.9. The normalized spacial score (nSPS) is 13.7. The summed E-state index contributed by atoms with van der Waals surface area (Å²) in [5.74, 6) is 0.0592. The average molecular weight is 221 g/mol. The van der Waals surface area contributed by atoms with E-state index < -0.39 is 18.8 Å². The first-order valence-electron chi connectivity index (χ1n) is 4.17. The molecule has 0 amide bonds. The van der Waals surface area contributed by atoms with Gasteiger partial charge in [0, 0.05) is 12.4 Å². The largest absolute Gasteiger partial charge is 0.416 e. The van der Waals surface area contributed by atoms with Gasteiger partial charge >= 0.3 is 6.18 Å². The van der Waals surface area contributed by atoms with Crippen LogP contribution in [0.3, 0.4) is 0 Å². The zero-order chi connectivity index (χ0) is 11.5. The molecule has 0 fully saturated rings. The smallest absolute Gasteiger partial charge is 0.382 e. The highest BCUT2D eigenvalue weighted by Gasteiger charge is 2.37. The van der Waals surface area contributed by atoms with Gasteiger partial charge in [-0.3, -0.25) is 0 Å². The Morgan fingerprint density at radius 3 is 2.40 bits per heavy atom. The summed E-state index contributed by atoms with van der Waals surface area (Å²) in [7, 11) is 0. The van der Waals surface area contributed by atoms with Gasteiger partial charge in [0.1, 0.15) is 0 Å². The molecule has 1 aromatic rings. The van der Waals surface area contributed by atoms with E-state index in [1.807, 2.05) is 0 Å². The summed E-state index contributed by atoms with van der Waals surface area (Å²) in [6.07, 6.45) is -4.11. The molecule has 0 bridgehead atoms. The average Bonchev–Trinajstić information content (AvgIpc) is 2.15. The molecular weight excluding hydrogens is 211 g/mol. The molecule has 4 nitrogen and oxygen atoms in total. The van der Waals surface area contributed by atoms with Gasteiger partial charge in [-0.1, -0.05) is 0 Å². The van der Waals surface area contributed by atoms with Crippen molar-refractivity contribution in [3.8, 4) is 0 Å². The fourth-order valence-electron chi connectivity index (χ4n) is 0.788. The van der Waals surface area contributed by atoms with Gasteiger partial charge in [-0.15, -0.1) is 0 Å². The number of hydrogen-bond acceptors (Lipinski definition) is 4. The van der Waals surface area contributed by atoms with Gasteiger partial charge in [-0.2, -0.15) is 13.2 Å². The van der Waals surface area contributed by atoms with Gasteiger partial charge in [-0.05, 0) is 12.5 Å². The van der Waals surface area contributed by atoms with Crippen LogP contribution in [0.5, 0.6) is 0 Å². The Balaban J connectivity index is 2.47. The van der Waals surface area contributed by atoms with Crippen molar-refractivity contribution in [2.75, 3.05) is 11.9 Å². The molecule has 7 heteroatoms. The first-order valence-corrected chi connectivity index (χ1v) is 4.17. The molecule has 0 saturated heterocycles. The molecule has 0 radical (unpaired) electrons. The summed E-state index contributed by atoms with van der Waals surface area (Å²) >= 11 is 0. The summed E-state index contributed by atoms with van der Waals surface area (Å²) in [5, 5.41) is 10.9. The highest BCUT2D eigenvalue weighted by molar-refractivity contribution is 5.24. The van der Waals surface area contributed by atoms with Crippen molar-refractivity contribution in [3.63, 3.8) is 0 Å². The Bertz CT molecular complexity index is 312. The van der Waals surface area contributed by atoms with Crippen molar-refractivity contribution in [1.29, 1.82) is 0 Å². The monoisotopic (exact) mass is 221 g/mol. The molecule has 0 aliphatic carbocycles. The SMILES string of the molecule is Cc1cnc(NCC(O)C(F)(F)F)nc1. The lowest BCUT2D eigenvalue weighted by molar-refractivity contribution is -0.198. The minimum atomic E-state index is -4.63. The van der Waals surface area contributed by atoms with E-state index >= 15 is 0 Å². The third-order valence-corrected chi connectivity index (χ3v) is 1.61. The number of anilines is 1. The highest BCUT2D eigenvalue weighted by Crippen LogP contribution is 2.19. The van der Waals surface area contributed by atoms with Crippen molar-refractivity contribution in [1.82, 2.24) is 9.97 Å². The Hall–Kier alpha value is -1.37. The van der Waals surface area contributed by atoms with Crippen LogP contribution < -0.4 is 5.32 Å². The summed E-state index contributed by atoms with van der Waals surface area (Å²) in [6.45, 7) is 1.10. The lowest BCUT2D eigenvalue weighted by Gasteiger charge is -2.14. The predicted octanol–water partition coefficient (Wildman–Crippen LogP) is 1.12. The maximum Gasteiger partial charge on any atom is 0.416 e. The van der Waals surface area contributed by atoms with E-state index in [1.54, 1.807) is 6.92 Å². The molecule has 1 rings (SSSR count). The van der Waals surface area contributed by atoms with E-state index in [4.69, 9.17) is 5.11 Å². The second-order valence-corrected chi connectivity index (χ2v) is 3.02. The maximum absolute atomic E-state index is 11.9. The minimum Gasteiger partial charge on any atom is -0.382 e. The third kappa shape index (κ3) is 3.70. The van der Waals surface area contributed by atoms with E-state index in [1.165, 1.54) is 12.4 Å². The Labute approximate surface area is 84.2 Å². The van der Waals surface area contributed by atoms with Gasteiger partial charge in [0.2, 0.25) is 5.95 Å². The van der Waals surface area contributed by atoms with Crippen molar-refractivity contribution in [3.05, 3.63) is 18.0 Å². The zero-order valence-corrected chi connectivity index (χ0v) is 7.91.